The predicted octanol–water partition coefficient (Wildman–Crippen LogP) is 2.98. The van der Waals surface area contributed by atoms with Crippen LogP contribution in [0.1, 0.15) is 29.6 Å². The number of fused-ring (bicyclic) bond motifs is 2. The first-order chi connectivity index (χ1) is 13.0. The standard InChI is InChI=1S/C20H20N2O4S/c23-20(14-7-3-1-4-8-14)26-21-18-15-11-12-16(13-15)19(18)22-27(24,25)17-9-5-2-6-10-17/h1-10,15-16,19,22H,11-13H2/b21-18+/t15-,16-,19-/m0/s1. The van der Waals surface area contributed by atoms with Crippen molar-refractivity contribution in [3.8, 4) is 0 Å². The van der Waals surface area contributed by atoms with Crippen LogP contribution < -0.4 is 4.72 Å². The minimum absolute atomic E-state index is 0.155. The molecule has 0 aromatic heterocycles. The summed E-state index contributed by atoms with van der Waals surface area (Å²) in [6.07, 6.45) is 2.75. The van der Waals surface area contributed by atoms with Crippen molar-refractivity contribution in [1.82, 2.24) is 4.72 Å². The Bertz CT molecular complexity index is 958. The summed E-state index contributed by atoms with van der Waals surface area (Å²) in [5, 5.41) is 4.08. The van der Waals surface area contributed by atoms with Crippen molar-refractivity contribution in [3.63, 3.8) is 0 Å². The second kappa shape index (κ2) is 7.25. The van der Waals surface area contributed by atoms with E-state index in [1.54, 1.807) is 54.6 Å². The highest BCUT2D eigenvalue weighted by Crippen LogP contribution is 2.43. The average molecular weight is 384 g/mol. The van der Waals surface area contributed by atoms with E-state index in [1.807, 2.05) is 6.07 Å². The number of oxime groups is 1. The van der Waals surface area contributed by atoms with Gasteiger partial charge in [-0.3, -0.25) is 0 Å². The summed E-state index contributed by atoms with van der Waals surface area (Å²) in [7, 11) is -3.66. The normalized spacial score (nSPS) is 25.6. The first-order valence-electron chi connectivity index (χ1n) is 8.96. The molecular formula is C20H20N2O4S. The van der Waals surface area contributed by atoms with Gasteiger partial charge in [0.2, 0.25) is 10.0 Å². The highest BCUT2D eigenvalue weighted by molar-refractivity contribution is 7.89. The average Bonchev–Trinajstić information content (AvgIpc) is 3.29. The number of hydrogen-bond acceptors (Lipinski definition) is 5. The molecule has 0 heterocycles. The number of hydrogen-bond donors (Lipinski definition) is 1. The Morgan fingerprint density at radius 1 is 1.00 bits per heavy atom. The number of nitrogens with zero attached hydrogens (tertiary/aromatic N) is 1. The molecule has 2 saturated carbocycles. The van der Waals surface area contributed by atoms with Crippen molar-refractivity contribution in [2.45, 2.75) is 30.2 Å². The second-order valence-corrected chi connectivity index (χ2v) is 8.66. The molecule has 2 aromatic rings. The summed E-state index contributed by atoms with van der Waals surface area (Å²) in [6.45, 7) is 0. The largest absolute Gasteiger partial charge is 0.365 e. The van der Waals surface area contributed by atoms with Crippen molar-refractivity contribution >= 4 is 21.7 Å². The molecule has 7 heteroatoms. The van der Waals surface area contributed by atoms with Crippen molar-refractivity contribution < 1.29 is 18.0 Å². The summed E-state index contributed by atoms with van der Waals surface area (Å²) in [6, 6.07) is 16.4. The topological polar surface area (TPSA) is 84.8 Å². The molecule has 0 saturated heterocycles. The third-order valence-corrected chi connectivity index (χ3v) is 6.72. The molecule has 0 unspecified atom stereocenters. The van der Waals surface area contributed by atoms with E-state index < -0.39 is 22.0 Å². The molecule has 0 amide bonds. The van der Waals surface area contributed by atoms with Gasteiger partial charge in [-0.05, 0) is 49.4 Å². The summed E-state index contributed by atoms with van der Waals surface area (Å²) < 4.78 is 28.2. The van der Waals surface area contributed by atoms with Crippen LogP contribution in [0.15, 0.2) is 70.7 Å². The van der Waals surface area contributed by atoms with Gasteiger partial charge >= 0.3 is 5.97 Å². The molecule has 2 aliphatic carbocycles. The molecule has 0 spiro atoms. The van der Waals surface area contributed by atoms with Gasteiger partial charge in [0.05, 0.1) is 22.2 Å². The van der Waals surface area contributed by atoms with Gasteiger partial charge in [-0.1, -0.05) is 41.6 Å². The van der Waals surface area contributed by atoms with Gasteiger partial charge in [-0.2, -0.15) is 0 Å². The molecule has 140 valence electrons. The van der Waals surface area contributed by atoms with Crippen molar-refractivity contribution in [3.05, 3.63) is 66.2 Å². The smallest absolute Gasteiger partial charge is 0.313 e. The molecule has 0 aliphatic heterocycles. The molecule has 0 radical (unpaired) electrons. The van der Waals surface area contributed by atoms with Gasteiger partial charge in [-0.15, -0.1) is 0 Å². The molecule has 2 aromatic carbocycles. The van der Waals surface area contributed by atoms with E-state index in [0.717, 1.165) is 19.3 Å². The first-order valence-corrected chi connectivity index (χ1v) is 10.4. The van der Waals surface area contributed by atoms with Crippen LogP contribution in [0.25, 0.3) is 0 Å². The van der Waals surface area contributed by atoms with Crippen LogP contribution in [-0.2, 0) is 14.9 Å². The third-order valence-electron chi connectivity index (χ3n) is 5.26. The van der Waals surface area contributed by atoms with Crippen LogP contribution in [0, 0.1) is 11.8 Å². The number of benzene rings is 2. The highest BCUT2D eigenvalue weighted by Gasteiger charge is 2.47. The molecule has 1 N–H and O–H groups in total. The first kappa shape index (κ1) is 17.9. The van der Waals surface area contributed by atoms with Crippen LogP contribution in [0.4, 0.5) is 0 Å². The zero-order valence-electron chi connectivity index (χ0n) is 14.6. The summed E-state index contributed by atoms with van der Waals surface area (Å²) >= 11 is 0. The van der Waals surface area contributed by atoms with Gasteiger partial charge in [-0.25, -0.2) is 17.9 Å². The lowest BCUT2D eigenvalue weighted by Gasteiger charge is -2.24. The minimum Gasteiger partial charge on any atom is -0.313 e. The Morgan fingerprint density at radius 2 is 1.67 bits per heavy atom. The molecule has 2 bridgehead atoms. The molecular weight excluding hydrogens is 364 g/mol. The van der Waals surface area contributed by atoms with E-state index in [1.165, 1.54) is 0 Å². The monoisotopic (exact) mass is 384 g/mol. The molecule has 3 atom stereocenters. The minimum atomic E-state index is -3.66. The quantitative estimate of drug-likeness (QED) is 0.634. The highest BCUT2D eigenvalue weighted by atomic mass is 32.2. The lowest BCUT2D eigenvalue weighted by atomic mass is 9.94. The van der Waals surface area contributed by atoms with E-state index in [-0.39, 0.29) is 16.7 Å². The van der Waals surface area contributed by atoms with E-state index in [2.05, 4.69) is 9.88 Å². The van der Waals surface area contributed by atoms with Gasteiger partial charge in [0.25, 0.3) is 0 Å². The Balaban J connectivity index is 1.54. The van der Waals surface area contributed by atoms with Crippen LogP contribution in [0.2, 0.25) is 0 Å². The van der Waals surface area contributed by atoms with Crippen molar-refractivity contribution in [2.75, 3.05) is 0 Å². The third kappa shape index (κ3) is 3.65. The Kier molecular flexibility index (Phi) is 4.80. The van der Waals surface area contributed by atoms with Gasteiger partial charge in [0, 0.05) is 5.92 Å². The van der Waals surface area contributed by atoms with E-state index in [4.69, 9.17) is 4.84 Å². The Hall–Kier alpha value is -2.51. The number of nitrogens with one attached hydrogen (secondary N) is 1. The van der Waals surface area contributed by atoms with Crippen molar-refractivity contribution in [1.29, 1.82) is 0 Å². The zero-order valence-corrected chi connectivity index (χ0v) is 15.4. The van der Waals surface area contributed by atoms with Gasteiger partial charge in [0.1, 0.15) is 0 Å². The maximum atomic E-state index is 12.7. The lowest BCUT2D eigenvalue weighted by Crippen LogP contribution is -2.44. The van der Waals surface area contributed by atoms with E-state index >= 15 is 0 Å². The number of sulfonamides is 1. The van der Waals surface area contributed by atoms with Crippen LogP contribution in [0.5, 0.6) is 0 Å². The van der Waals surface area contributed by atoms with Gasteiger partial charge in [0.15, 0.2) is 0 Å². The van der Waals surface area contributed by atoms with E-state index in [9.17, 15) is 13.2 Å². The second-order valence-electron chi connectivity index (χ2n) is 6.94. The van der Waals surface area contributed by atoms with Crippen LogP contribution in [-0.4, -0.2) is 26.1 Å². The molecule has 6 nitrogen and oxygen atoms in total. The fourth-order valence-electron chi connectivity index (χ4n) is 3.93. The fraction of sp³-hybridized carbons (Fsp3) is 0.300. The molecule has 2 aliphatic rings. The number of carbonyl (C=O) groups excluding carboxylic acids is 1. The molecule has 27 heavy (non-hydrogen) atoms. The number of carbonyl (C=O) groups is 1. The SMILES string of the molecule is O=C(O/N=C1\[C@H]2CC[C@@H](C2)[C@@H]1NS(=O)(=O)c1ccccc1)c1ccccc1. The Morgan fingerprint density at radius 3 is 2.37 bits per heavy atom. The summed E-state index contributed by atoms with van der Waals surface area (Å²) in [5.41, 5.74) is 1.03. The van der Waals surface area contributed by atoms with Crippen molar-refractivity contribution in [2.24, 2.45) is 17.0 Å². The maximum absolute atomic E-state index is 12.7. The van der Waals surface area contributed by atoms with Crippen LogP contribution in [0.3, 0.4) is 0 Å². The lowest BCUT2D eigenvalue weighted by molar-refractivity contribution is 0.0512. The Labute approximate surface area is 158 Å². The summed E-state index contributed by atoms with van der Waals surface area (Å²) in [5.74, 6) is -0.208. The van der Waals surface area contributed by atoms with E-state index in [0.29, 0.717) is 11.3 Å². The van der Waals surface area contributed by atoms with Gasteiger partial charge < -0.3 is 4.84 Å². The predicted molar refractivity (Wildman–Crippen MR) is 101 cm³/mol. The van der Waals surface area contributed by atoms with Crippen LogP contribution >= 0.6 is 0 Å². The molecule has 4 rings (SSSR count). The summed E-state index contributed by atoms with van der Waals surface area (Å²) in [4.78, 5) is 17.5. The zero-order chi connectivity index (χ0) is 18.9. The fourth-order valence-corrected chi connectivity index (χ4v) is 5.23. The molecule has 2 fully saturated rings. The maximum Gasteiger partial charge on any atom is 0.365 e. The number of rotatable bonds is 5.